The monoisotopic (exact) mass is 409 g/mol. The van der Waals surface area contributed by atoms with Crippen molar-refractivity contribution in [1.82, 2.24) is 20.2 Å². The van der Waals surface area contributed by atoms with E-state index in [1.807, 2.05) is 0 Å². The van der Waals surface area contributed by atoms with Gasteiger partial charge in [0.1, 0.15) is 28.8 Å². The SMILES string of the molecule is Cc1nnnn1-c1cc(NC(=O)CCc2ccc(-c3ccccc3F)o2)ccc1F. The van der Waals surface area contributed by atoms with E-state index >= 15 is 0 Å². The van der Waals surface area contributed by atoms with Crippen LogP contribution < -0.4 is 5.32 Å². The highest BCUT2D eigenvalue weighted by atomic mass is 19.1. The summed E-state index contributed by atoms with van der Waals surface area (Å²) in [7, 11) is 0. The smallest absolute Gasteiger partial charge is 0.224 e. The third-order valence-electron chi connectivity index (χ3n) is 4.48. The number of furan rings is 1. The fourth-order valence-electron chi connectivity index (χ4n) is 2.99. The largest absolute Gasteiger partial charge is 0.461 e. The van der Waals surface area contributed by atoms with Crippen molar-refractivity contribution in [3.63, 3.8) is 0 Å². The highest BCUT2D eigenvalue weighted by Crippen LogP contribution is 2.25. The molecule has 1 amide bonds. The number of carbonyl (C=O) groups excluding carboxylic acids is 1. The van der Waals surface area contributed by atoms with Crippen LogP contribution in [-0.2, 0) is 11.2 Å². The van der Waals surface area contributed by atoms with Crippen LogP contribution in [0.5, 0.6) is 0 Å². The standard InChI is InChI=1S/C21H17F2N5O2/c1-13-25-26-27-28(13)19-12-14(6-9-18(19)23)24-21(29)11-8-15-7-10-20(30-15)16-4-2-3-5-17(16)22/h2-7,9-10,12H,8,11H2,1H3,(H,24,29). The van der Waals surface area contributed by atoms with E-state index in [1.165, 1.54) is 28.9 Å². The number of carbonyl (C=O) groups is 1. The van der Waals surface area contributed by atoms with E-state index in [2.05, 4.69) is 20.8 Å². The molecule has 4 aromatic rings. The Morgan fingerprint density at radius 2 is 1.93 bits per heavy atom. The van der Waals surface area contributed by atoms with Crippen molar-refractivity contribution in [2.75, 3.05) is 5.32 Å². The normalized spacial score (nSPS) is 10.9. The zero-order chi connectivity index (χ0) is 21.1. The Hall–Kier alpha value is -3.88. The number of benzene rings is 2. The van der Waals surface area contributed by atoms with Gasteiger partial charge in [0.25, 0.3) is 0 Å². The van der Waals surface area contributed by atoms with E-state index in [4.69, 9.17) is 4.42 Å². The lowest BCUT2D eigenvalue weighted by Crippen LogP contribution is -2.13. The van der Waals surface area contributed by atoms with Gasteiger partial charge in [-0.05, 0) is 59.8 Å². The molecule has 1 N–H and O–H groups in total. The molecule has 0 bridgehead atoms. The predicted molar refractivity (Wildman–Crippen MR) is 105 cm³/mol. The van der Waals surface area contributed by atoms with Gasteiger partial charge in [-0.25, -0.2) is 8.78 Å². The summed E-state index contributed by atoms with van der Waals surface area (Å²) in [6.45, 7) is 1.64. The van der Waals surface area contributed by atoms with Crippen LogP contribution in [0.3, 0.4) is 0 Å². The first-order chi connectivity index (χ1) is 14.5. The van der Waals surface area contributed by atoms with E-state index in [-0.39, 0.29) is 23.8 Å². The molecular formula is C21H17F2N5O2. The van der Waals surface area contributed by atoms with E-state index in [1.54, 1.807) is 37.3 Å². The van der Waals surface area contributed by atoms with Crippen molar-refractivity contribution in [1.29, 1.82) is 0 Å². The summed E-state index contributed by atoms with van der Waals surface area (Å²) in [5.41, 5.74) is 0.915. The number of amides is 1. The number of anilines is 1. The van der Waals surface area contributed by atoms with E-state index < -0.39 is 5.82 Å². The average Bonchev–Trinajstić information content (AvgIpc) is 3.37. The number of hydrogen-bond acceptors (Lipinski definition) is 5. The van der Waals surface area contributed by atoms with Gasteiger partial charge in [0.2, 0.25) is 5.91 Å². The van der Waals surface area contributed by atoms with Crippen LogP contribution in [0.15, 0.2) is 59.0 Å². The molecule has 9 heteroatoms. The molecule has 0 spiro atoms. The third kappa shape index (κ3) is 4.09. The van der Waals surface area contributed by atoms with E-state index in [9.17, 15) is 13.6 Å². The van der Waals surface area contributed by atoms with Crippen molar-refractivity contribution in [3.8, 4) is 17.0 Å². The Labute approximate surface area is 170 Å². The molecule has 0 unspecified atom stereocenters. The molecule has 0 saturated carbocycles. The van der Waals surface area contributed by atoms with Crippen molar-refractivity contribution < 1.29 is 18.0 Å². The molecule has 0 fully saturated rings. The minimum atomic E-state index is -0.514. The Morgan fingerprint density at radius 1 is 1.10 bits per heavy atom. The van der Waals surface area contributed by atoms with Crippen LogP contribution >= 0.6 is 0 Å². The van der Waals surface area contributed by atoms with Crippen LogP contribution in [0.1, 0.15) is 18.0 Å². The lowest BCUT2D eigenvalue weighted by Gasteiger charge is -2.08. The average molecular weight is 409 g/mol. The second-order valence-corrected chi connectivity index (χ2v) is 6.60. The summed E-state index contributed by atoms with van der Waals surface area (Å²) >= 11 is 0. The lowest BCUT2D eigenvalue weighted by atomic mass is 10.1. The van der Waals surface area contributed by atoms with Gasteiger partial charge in [0.05, 0.1) is 5.56 Å². The molecule has 152 valence electrons. The molecule has 0 aliphatic carbocycles. The Kier molecular flexibility index (Phi) is 5.34. The summed E-state index contributed by atoms with van der Waals surface area (Å²) in [5.74, 6) is 0.224. The minimum absolute atomic E-state index is 0.135. The van der Waals surface area contributed by atoms with E-state index in [0.717, 1.165) is 0 Å². The fraction of sp³-hybridized carbons (Fsp3) is 0.143. The third-order valence-corrected chi connectivity index (χ3v) is 4.48. The molecule has 4 rings (SSSR count). The summed E-state index contributed by atoms with van der Waals surface area (Å²) in [6.07, 6.45) is 0.473. The summed E-state index contributed by atoms with van der Waals surface area (Å²) in [4.78, 5) is 12.3. The van der Waals surface area contributed by atoms with Crippen LogP contribution in [0, 0.1) is 18.6 Å². The molecule has 0 radical (unpaired) electrons. The zero-order valence-corrected chi connectivity index (χ0v) is 16.0. The summed E-state index contributed by atoms with van der Waals surface area (Å²) in [5, 5.41) is 13.7. The van der Waals surface area contributed by atoms with Gasteiger partial charge in [-0.3, -0.25) is 4.79 Å². The van der Waals surface area contributed by atoms with Gasteiger partial charge in [0, 0.05) is 18.5 Å². The summed E-state index contributed by atoms with van der Waals surface area (Å²) < 4.78 is 34.9. The number of rotatable bonds is 6. The van der Waals surface area contributed by atoms with Crippen molar-refractivity contribution in [3.05, 3.63) is 77.8 Å². The zero-order valence-electron chi connectivity index (χ0n) is 16.0. The van der Waals surface area contributed by atoms with Crippen LogP contribution in [-0.4, -0.2) is 26.1 Å². The Balaban J connectivity index is 1.40. The predicted octanol–water partition coefficient (Wildman–Crippen LogP) is 4.08. The van der Waals surface area contributed by atoms with Gasteiger partial charge in [0.15, 0.2) is 5.82 Å². The second kappa shape index (κ2) is 8.24. The molecule has 7 nitrogen and oxygen atoms in total. The van der Waals surface area contributed by atoms with Crippen LogP contribution in [0.2, 0.25) is 0 Å². The topological polar surface area (TPSA) is 85.8 Å². The Bertz CT molecular complexity index is 1200. The van der Waals surface area contributed by atoms with Crippen molar-refractivity contribution in [2.45, 2.75) is 19.8 Å². The molecule has 30 heavy (non-hydrogen) atoms. The highest BCUT2D eigenvalue weighted by molar-refractivity contribution is 5.91. The quantitative estimate of drug-likeness (QED) is 0.519. The van der Waals surface area contributed by atoms with Crippen molar-refractivity contribution >= 4 is 11.6 Å². The maximum absolute atomic E-state index is 14.1. The maximum atomic E-state index is 14.1. The fourth-order valence-corrected chi connectivity index (χ4v) is 2.99. The van der Waals surface area contributed by atoms with Gasteiger partial charge in [-0.1, -0.05) is 12.1 Å². The number of aromatic nitrogens is 4. The molecular weight excluding hydrogens is 392 g/mol. The number of nitrogens with zero attached hydrogens (tertiary/aromatic N) is 4. The number of tetrazole rings is 1. The molecule has 0 aliphatic heterocycles. The maximum Gasteiger partial charge on any atom is 0.224 e. The number of hydrogen-bond donors (Lipinski definition) is 1. The van der Waals surface area contributed by atoms with Gasteiger partial charge in [-0.15, -0.1) is 5.10 Å². The molecule has 0 saturated heterocycles. The minimum Gasteiger partial charge on any atom is -0.461 e. The molecule has 2 aromatic carbocycles. The highest BCUT2D eigenvalue weighted by Gasteiger charge is 2.13. The Morgan fingerprint density at radius 3 is 2.70 bits per heavy atom. The van der Waals surface area contributed by atoms with Gasteiger partial charge >= 0.3 is 0 Å². The summed E-state index contributed by atoms with van der Waals surface area (Å²) in [6, 6.07) is 13.9. The van der Waals surface area contributed by atoms with Gasteiger partial charge < -0.3 is 9.73 Å². The first kappa shape index (κ1) is 19.4. The molecule has 2 heterocycles. The van der Waals surface area contributed by atoms with E-state index in [0.29, 0.717) is 35.0 Å². The van der Waals surface area contributed by atoms with Crippen molar-refractivity contribution in [2.24, 2.45) is 0 Å². The first-order valence-corrected chi connectivity index (χ1v) is 9.19. The lowest BCUT2D eigenvalue weighted by molar-refractivity contribution is -0.116. The first-order valence-electron chi connectivity index (χ1n) is 9.19. The second-order valence-electron chi connectivity index (χ2n) is 6.60. The molecule has 0 aliphatic rings. The van der Waals surface area contributed by atoms with Crippen LogP contribution in [0.25, 0.3) is 17.0 Å². The number of aryl methyl sites for hydroxylation is 2. The van der Waals surface area contributed by atoms with Gasteiger partial charge in [-0.2, -0.15) is 4.68 Å². The molecule has 0 atom stereocenters. The number of halogens is 2. The van der Waals surface area contributed by atoms with Crippen LogP contribution in [0.4, 0.5) is 14.5 Å². The molecule has 2 aromatic heterocycles. The number of nitrogens with one attached hydrogen (secondary N) is 1.